The van der Waals surface area contributed by atoms with Crippen molar-refractivity contribution in [2.24, 2.45) is 0 Å². The number of rotatable bonds is 5. The summed E-state index contributed by atoms with van der Waals surface area (Å²) in [6, 6.07) is 7.59. The van der Waals surface area contributed by atoms with E-state index in [9.17, 15) is 4.39 Å². The largest absolute Gasteiger partial charge is 0.383 e. The topological polar surface area (TPSA) is 121 Å². The number of anilines is 2. The molecular weight excluding hydrogens is 359 g/mol. The molecule has 28 heavy (non-hydrogen) atoms. The highest BCUT2D eigenvalue weighted by atomic mass is 19.1. The first kappa shape index (κ1) is 16.7. The van der Waals surface area contributed by atoms with Crippen molar-refractivity contribution in [3.05, 3.63) is 48.0 Å². The molecule has 1 aliphatic carbocycles. The lowest BCUT2D eigenvalue weighted by atomic mass is 10.2. The summed E-state index contributed by atoms with van der Waals surface area (Å²) in [7, 11) is 0. The van der Waals surface area contributed by atoms with Crippen LogP contribution in [0.1, 0.15) is 36.7 Å². The molecule has 0 spiro atoms. The van der Waals surface area contributed by atoms with E-state index in [1.54, 1.807) is 6.20 Å². The van der Waals surface area contributed by atoms with E-state index in [0.717, 1.165) is 22.4 Å². The van der Waals surface area contributed by atoms with E-state index in [2.05, 4.69) is 35.5 Å². The van der Waals surface area contributed by atoms with E-state index < -0.39 is 6.17 Å². The third-order valence-electron chi connectivity index (χ3n) is 5.02. The van der Waals surface area contributed by atoms with Crippen LogP contribution in [0.4, 0.5) is 16.2 Å². The molecule has 5 N–H and O–H groups in total. The maximum Gasteiger partial charge on any atom is 0.225 e. The average molecular weight is 378 g/mol. The number of H-pyrrole nitrogens is 2. The summed E-state index contributed by atoms with van der Waals surface area (Å²) < 4.78 is 13.2. The van der Waals surface area contributed by atoms with Crippen molar-refractivity contribution in [2.45, 2.75) is 31.5 Å². The Kier molecular flexibility index (Phi) is 3.75. The minimum Gasteiger partial charge on any atom is -0.383 e. The molecule has 9 heteroatoms. The number of hydrogen-bond acceptors (Lipinski definition) is 6. The van der Waals surface area contributed by atoms with Crippen molar-refractivity contribution in [1.82, 2.24) is 30.1 Å². The third-order valence-corrected chi connectivity index (χ3v) is 5.02. The molecule has 0 saturated heterocycles. The Morgan fingerprint density at radius 2 is 2.14 bits per heavy atom. The van der Waals surface area contributed by atoms with Gasteiger partial charge in [0.2, 0.25) is 5.95 Å². The highest BCUT2D eigenvalue weighted by Crippen LogP contribution is 2.43. The summed E-state index contributed by atoms with van der Waals surface area (Å²) in [5, 5.41) is 10.3. The average Bonchev–Trinajstić information content (AvgIpc) is 3.10. The predicted octanol–water partition coefficient (Wildman–Crippen LogP) is 3.32. The van der Waals surface area contributed by atoms with Gasteiger partial charge in [0, 0.05) is 24.0 Å². The van der Waals surface area contributed by atoms with E-state index in [0.29, 0.717) is 29.4 Å². The smallest absolute Gasteiger partial charge is 0.225 e. The fourth-order valence-corrected chi connectivity index (χ4v) is 3.27. The molecule has 142 valence electrons. The molecule has 1 saturated carbocycles. The Balaban J connectivity index is 1.34. The van der Waals surface area contributed by atoms with Crippen LogP contribution >= 0.6 is 0 Å². The molecule has 5 rings (SSSR count). The molecular formula is C19H19FN8. The number of fused-ring (bicyclic) bond motifs is 1. The predicted molar refractivity (Wildman–Crippen MR) is 104 cm³/mol. The van der Waals surface area contributed by atoms with Crippen molar-refractivity contribution >= 4 is 22.8 Å². The van der Waals surface area contributed by atoms with E-state index in [1.807, 2.05) is 37.4 Å². The summed E-state index contributed by atoms with van der Waals surface area (Å²) in [5.74, 6) is 0.630. The molecule has 1 fully saturated rings. The first-order valence-corrected chi connectivity index (χ1v) is 9.11. The van der Waals surface area contributed by atoms with Crippen LogP contribution < -0.4 is 11.1 Å². The lowest BCUT2D eigenvalue weighted by Crippen LogP contribution is -2.12. The van der Waals surface area contributed by atoms with Crippen molar-refractivity contribution in [2.75, 3.05) is 11.1 Å². The molecule has 4 aromatic rings. The van der Waals surface area contributed by atoms with Crippen LogP contribution in [-0.4, -0.2) is 36.3 Å². The van der Waals surface area contributed by atoms with Gasteiger partial charge in [-0.15, -0.1) is 0 Å². The zero-order valence-corrected chi connectivity index (χ0v) is 15.1. The fourth-order valence-electron chi connectivity index (χ4n) is 3.27. The second kappa shape index (κ2) is 6.29. The standard InChI is InChI=1S/C19H19FN8/c1-9(13-2-3-14-15(25-13)4-5-22-14)24-19-23-8-11(18(21)26-19)17-7-16(27-28-17)10-6-12(10)20/h2-5,7-10,12,22H,6H2,1H3,(H,27,28)(H3,21,23,24,26)/t9-,10+,12+/m0/s1. The number of halogens is 1. The van der Waals surface area contributed by atoms with E-state index in [1.165, 1.54) is 0 Å². The summed E-state index contributed by atoms with van der Waals surface area (Å²) in [5.41, 5.74) is 10.9. The normalized spacial score (nSPS) is 19.6. The van der Waals surface area contributed by atoms with Crippen LogP contribution in [0.3, 0.4) is 0 Å². The van der Waals surface area contributed by atoms with Crippen molar-refractivity contribution in [3.63, 3.8) is 0 Å². The van der Waals surface area contributed by atoms with Gasteiger partial charge in [-0.05, 0) is 37.6 Å². The van der Waals surface area contributed by atoms with Crippen LogP contribution in [0.2, 0.25) is 0 Å². The number of nitrogens with zero attached hydrogens (tertiary/aromatic N) is 4. The fraction of sp³-hybridized carbons (Fsp3) is 0.263. The van der Waals surface area contributed by atoms with Gasteiger partial charge in [-0.1, -0.05) is 0 Å². The van der Waals surface area contributed by atoms with Crippen molar-refractivity contribution in [3.8, 4) is 11.3 Å². The molecule has 0 aromatic carbocycles. The van der Waals surface area contributed by atoms with E-state index >= 15 is 0 Å². The second-order valence-electron chi connectivity index (χ2n) is 7.07. The van der Waals surface area contributed by atoms with E-state index in [4.69, 9.17) is 5.73 Å². The van der Waals surface area contributed by atoms with Gasteiger partial charge < -0.3 is 16.0 Å². The minimum absolute atomic E-state index is 0.0879. The summed E-state index contributed by atoms with van der Waals surface area (Å²) in [6.45, 7) is 1.98. The molecule has 1 aliphatic rings. The molecule has 0 amide bonds. The zero-order valence-electron chi connectivity index (χ0n) is 15.1. The van der Waals surface area contributed by atoms with Gasteiger partial charge in [0.05, 0.1) is 34.0 Å². The highest BCUT2D eigenvalue weighted by Gasteiger charge is 2.40. The lowest BCUT2D eigenvalue weighted by molar-refractivity contribution is 0.466. The summed E-state index contributed by atoms with van der Waals surface area (Å²) in [6.07, 6.45) is 3.24. The first-order valence-electron chi connectivity index (χ1n) is 9.11. The number of nitrogens with one attached hydrogen (secondary N) is 3. The van der Waals surface area contributed by atoms with Gasteiger partial charge in [0.1, 0.15) is 12.0 Å². The van der Waals surface area contributed by atoms with Crippen LogP contribution in [0.5, 0.6) is 0 Å². The third kappa shape index (κ3) is 2.94. The Labute approximate surface area is 159 Å². The molecule has 4 aromatic heterocycles. The number of hydrogen-bond donors (Lipinski definition) is 4. The number of alkyl halides is 1. The van der Waals surface area contributed by atoms with Gasteiger partial charge in [0.15, 0.2) is 0 Å². The second-order valence-corrected chi connectivity index (χ2v) is 7.07. The van der Waals surface area contributed by atoms with Crippen LogP contribution in [0.15, 0.2) is 36.7 Å². The maximum absolute atomic E-state index is 13.2. The first-order chi connectivity index (χ1) is 13.6. The van der Waals surface area contributed by atoms with Gasteiger partial charge in [0.25, 0.3) is 0 Å². The molecule has 0 radical (unpaired) electrons. The number of nitrogens with two attached hydrogens (primary N) is 1. The lowest BCUT2D eigenvalue weighted by Gasteiger charge is -2.14. The molecule has 0 unspecified atom stereocenters. The van der Waals surface area contributed by atoms with Crippen LogP contribution in [0.25, 0.3) is 22.3 Å². The van der Waals surface area contributed by atoms with E-state index in [-0.39, 0.29) is 12.0 Å². The number of aromatic amines is 2. The molecule has 3 atom stereocenters. The van der Waals surface area contributed by atoms with Crippen molar-refractivity contribution in [1.29, 1.82) is 0 Å². The van der Waals surface area contributed by atoms with Gasteiger partial charge in [-0.3, -0.25) is 5.10 Å². The van der Waals surface area contributed by atoms with Gasteiger partial charge >= 0.3 is 0 Å². The van der Waals surface area contributed by atoms with Crippen molar-refractivity contribution < 1.29 is 4.39 Å². The number of aromatic nitrogens is 6. The highest BCUT2D eigenvalue weighted by molar-refractivity contribution is 5.75. The Morgan fingerprint density at radius 1 is 1.29 bits per heavy atom. The minimum atomic E-state index is -0.783. The maximum atomic E-state index is 13.2. The Bertz CT molecular complexity index is 1150. The van der Waals surface area contributed by atoms with Crippen LogP contribution in [-0.2, 0) is 0 Å². The molecule has 8 nitrogen and oxygen atoms in total. The zero-order chi connectivity index (χ0) is 19.3. The number of pyridine rings is 1. The molecule has 0 aliphatic heterocycles. The molecule has 4 heterocycles. The van der Waals surface area contributed by atoms with Crippen LogP contribution in [0, 0.1) is 0 Å². The number of nitrogen functional groups attached to an aromatic ring is 1. The van der Waals surface area contributed by atoms with Gasteiger partial charge in [-0.2, -0.15) is 10.1 Å². The molecule has 0 bridgehead atoms. The quantitative estimate of drug-likeness (QED) is 0.423. The summed E-state index contributed by atoms with van der Waals surface area (Å²) >= 11 is 0. The monoisotopic (exact) mass is 378 g/mol. The SMILES string of the molecule is C[C@H](Nc1ncc(-c2cc([C@@H]3C[C@H]3F)[nH]n2)c(N)n1)c1ccc2[nH]ccc2n1. The Hall–Kier alpha value is -3.49. The summed E-state index contributed by atoms with van der Waals surface area (Å²) in [4.78, 5) is 16.5. The Morgan fingerprint density at radius 3 is 2.93 bits per heavy atom. The van der Waals surface area contributed by atoms with Gasteiger partial charge in [-0.25, -0.2) is 14.4 Å².